The number of amides is 2. The third-order valence-electron chi connectivity index (χ3n) is 4.28. The number of hydrogen-bond acceptors (Lipinski definition) is 5. The quantitative estimate of drug-likeness (QED) is 0.782. The molecule has 2 aromatic rings. The molecule has 1 aromatic carbocycles. The highest BCUT2D eigenvalue weighted by atomic mass is 19.1. The van der Waals surface area contributed by atoms with E-state index in [2.05, 4.69) is 20.8 Å². The summed E-state index contributed by atoms with van der Waals surface area (Å²) in [5.74, 6) is -0.321. The van der Waals surface area contributed by atoms with Crippen LogP contribution in [0.25, 0.3) is 0 Å². The van der Waals surface area contributed by atoms with E-state index in [0.29, 0.717) is 12.2 Å². The standard InChI is InChI=1S/C17H21FN6O2/c1-11-20-21-22-24(11)15(9-12-3-5-13(18)6-4-12)17(26)23(2)10-16(25)19-14-7-8-14/h3-6,14-15H,7-10H2,1-2H3,(H,19,25)/t15-/m0/s1. The van der Waals surface area contributed by atoms with E-state index in [1.807, 2.05) is 0 Å². The first kappa shape index (κ1) is 18.0. The normalized spacial score (nSPS) is 14.7. The fraction of sp³-hybridized carbons (Fsp3) is 0.471. The molecule has 9 heteroatoms. The molecule has 1 atom stereocenters. The third-order valence-corrected chi connectivity index (χ3v) is 4.28. The molecule has 8 nitrogen and oxygen atoms in total. The molecule has 0 spiro atoms. The van der Waals surface area contributed by atoms with Crippen LogP contribution in [-0.4, -0.2) is 56.6 Å². The van der Waals surface area contributed by atoms with Gasteiger partial charge >= 0.3 is 0 Å². The second kappa shape index (κ2) is 7.59. The molecule has 3 rings (SSSR count). The Labute approximate surface area is 150 Å². The number of halogens is 1. The van der Waals surface area contributed by atoms with E-state index in [1.165, 1.54) is 21.7 Å². The zero-order valence-corrected chi connectivity index (χ0v) is 14.7. The number of nitrogens with one attached hydrogen (secondary N) is 1. The first-order valence-electron chi connectivity index (χ1n) is 8.47. The first-order chi connectivity index (χ1) is 12.4. The van der Waals surface area contributed by atoms with Crippen molar-refractivity contribution in [3.8, 4) is 0 Å². The minimum atomic E-state index is -0.714. The van der Waals surface area contributed by atoms with Gasteiger partial charge in [0.05, 0.1) is 6.54 Å². The smallest absolute Gasteiger partial charge is 0.248 e. The highest BCUT2D eigenvalue weighted by Crippen LogP contribution is 2.19. The summed E-state index contributed by atoms with van der Waals surface area (Å²) in [5.41, 5.74) is 0.774. The van der Waals surface area contributed by atoms with Gasteiger partial charge in [0.2, 0.25) is 11.8 Å². The van der Waals surface area contributed by atoms with Gasteiger partial charge in [-0.25, -0.2) is 9.07 Å². The number of hydrogen-bond donors (Lipinski definition) is 1. The summed E-state index contributed by atoms with van der Waals surface area (Å²) < 4.78 is 14.6. The predicted octanol–water partition coefficient (Wildman–Crippen LogP) is 0.641. The number of carbonyl (C=O) groups is 2. The number of aryl methyl sites for hydroxylation is 1. The molecule has 0 radical (unpaired) electrons. The van der Waals surface area contributed by atoms with Gasteiger partial charge in [-0.05, 0) is 47.9 Å². The molecule has 1 aromatic heterocycles. The van der Waals surface area contributed by atoms with Crippen LogP contribution in [-0.2, 0) is 16.0 Å². The van der Waals surface area contributed by atoms with Gasteiger partial charge in [0.1, 0.15) is 17.7 Å². The Bertz CT molecular complexity index is 787. The molecule has 0 bridgehead atoms. The number of tetrazole rings is 1. The maximum absolute atomic E-state index is 13.1. The number of benzene rings is 1. The van der Waals surface area contributed by atoms with Gasteiger partial charge < -0.3 is 10.2 Å². The number of nitrogens with zero attached hydrogens (tertiary/aromatic N) is 5. The summed E-state index contributed by atoms with van der Waals surface area (Å²) in [4.78, 5) is 26.3. The second-order valence-electron chi connectivity index (χ2n) is 6.55. The van der Waals surface area contributed by atoms with Gasteiger partial charge in [0.25, 0.3) is 0 Å². The Morgan fingerprint density at radius 3 is 2.62 bits per heavy atom. The SMILES string of the molecule is Cc1nnnn1[C@@H](Cc1ccc(F)cc1)C(=O)N(C)CC(=O)NC1CC1. The average molecular weight is 360 g/mol. The molecule has 0 aliphatic heterocycles. The largest absolute Gasteiger partial charge is 0.352 e. The fourth-order valence-electron chi connectivity index (χ4n) is 2.70. The molecule has 1 aliphatic carbocycles. The maximum atomic E-state index is 13.1. The van der Waals surface area contributed by atoms with Gasteiger partial charge in [-0.2, -0.15) is 0 Å². The van der Waals surface area contributed by atoms with E-state index in [1.54, 1.807) is 26.1 Å². The van der Waals surface area contributed by atoms with Crippen molar-refractivity contribution >= 4 is 11.8 Å². The summed E-state index contributed by atoms with van der Waals surface area (Å²) in [6.07, 6.45) is 2.26. The Kier molecular flexibility index (Phi) is 5.24. The molecule has 0 saturated heterocycles. The lowest BCUT2D eigenvalue weighted by Gasteiger charge is -2.24. The molecular formula is C17H21FN6O2. The Morgan fingerprint density at radius 2 is 2.04 bits per heavy atom. The molecule has 0 unspecified atom stereocenters. The summed E-state index contributed by atoms with van der Waals surface area (Å²) in [6, 6.07) is 5.45. The van der Waals surface area contributed by atoms with E-state index in [-0.39, 0.29) is 30.2 Å². The minimum absolute atomic E-state index is 0.0313. The Hall–Kier alpha value is -2.84. The molecule has 1 saturated carbocycles. The van der Waals surface area contributed by atoms with Gasteiger partial charge in [-0.3, -0.25) is 9.59 Å². The van der Waals surface area contributed by atoms with Crippen molar-refractivity contribution in [3.63, 3.8) is 0 Å². The molecule has 1 fully saturated rings. The van der Waals surface area contributed by atoms with Crippen molar-refractivity contribution in [3.05, 3.63) is 41.5 Å². The molecular weight excluding hydrogens is 339 g/mol. The molecule has 2 amide bonds. The van der Waals surface area contributed by atoms with Crippen LogP contribution in [0.4, 0.5) is 4.39 Å². The third kappa shape index (κ3) is 4.41. The lowest BCUT2D eigenvalue weighted by Crippen LogP contribution is -2.43. The van der Waals surface area contributed by atoms with Crippen LogP contribution in [0, 0.1) is 12.7 Å². The lowest BCUT2D eigenvalue weighted by atomic mass is 10.0. The van der Waals surface area contributed by atoms with E-state index in [4.69, 9.17) is 0 Å². The highest BCUT2D eigenvalue weighted by Gasteiger charge is 2.29. The van der Waals surface area contributed by atoms with Crippen LogP contribution < -0.4 is 5.32 Å². The molecule has 1 N–H and O–H groups in total. The van der Waals surface area contributed by atoms with E-state index >= 15 is 0 Å². The molecule has 1 heterocycles. The van der Waals surface area contributed by atoms with E-state index < -0.39 is 6.04 Å². The second-order valence-corrected chi connectivity index (χ2v) is 6.55. The predicted molar refractivity (Wildman–Crippen MR) is 90.5 cm³/mol. The summed E-state index contributed by atoms with van der Waals surface area (Å²) in [6.45, 7) is 1.67. The van der Waals surface area contributed by atoms with Crippen LogP contribution in [0.15, 0.2) is 24.3 Å². The van der Waals surface area contributed by atoms with Gasteiger partial charge in [-0.1, -0.05) is 12.1 Å². The fourth-order valence-corrected chi connectivity index (χ4v) is 2.70. The Balaban J connectivity index is 1.75. The number of carbonyl (C=O) groups excluding carboxylic acids is 2. The molecule has 1 aliphatic rings. The lowest BCUT2D eigenvalue weighted by molar-refractivity contribution is -0.137. The van der Waals surface area contributed by atoms with Crippen LogP contribution in [0.1, 0.15) is 30.3 Å². The Morgan fingerprint density at radius 1 is 1.35 bits per heavy atom. The van der Waals surface area contributed by atoms with E-state index in [0.717, 1.165) is 18.4 Å². The summed E-state index contributed by atoms with van der Waals surface area (Å²) >= 11 is 0. The van der Waals surface area contributed by atoms with Crippen molar-refractivity contribution in [2.75, 3.05) is 13.6 Å². The zero-order valence-electron chi connectivity index (χ0n) is 14.7. The van der Waals surface area contributed by atoms with Crippen LogP contribution in [0.2, 0.25) is 0 Å². The van der Waals surface area contributed by atoms with Crippen molar-refractivity contribution in [2.45, 2.75) is 38.3 Å². The van der Waals surface area contributed by atoms with Crippen LogP contribution in [0.3, 0.4) is 0 Å². The summed E-state index contributed by atoms with van der Waals surface area (Å²) in [7, 11) is 1.58. The maximum Gasteiger partial charge on any atom is 0.248 e. The first-order valence-corrected chi connectivity index (χ1v) is 8.47. The van der Waals surface area contributed by atoms with Gasteiger partial charge in [0, 0.05) is 19.5 Å². The number of rotatable bonds is 7. The topological polar surface area (TPSA) is 93.0 Å². The van der Waals surface area contributed by atoms with Crippen molar-refractivity contribution in [1.29, 1.82) is 0 Å². The summed E-state index contributed by atoms with van der Waals surface area (Å²) in [5, 5.41) is 14.2. The van der Waals surface area contributed by atoms with Crippen LogP contribution in [0.5, 0.6) is 0 Å². The zero-order chi connectivity index (χ0) is 18.7. The minimum Gasteiger partial charge on any atom is -0.352 e. The van der Waals surface area contributed by atoms with Crippen molar-refractivity contribution in [2.24, 2.45) is 0 Å². The average Bonchev–Trinajstić information content (AvgIpc) is 3.32. The molecule has 26 heavy (non-hydrogen) atoms. The number of aromatic nitrogens is 4. The van der Waals surface area contributed by atoms with Gasteiger partial charge in [-0.15, -0.1) is 5.10 Å². The van der Waals surface area contributed by atoms with Crippen molar-refractivity contribution < 1.29 is 14.0 Å². The van der Waals surface area contributed by atoms with Crippen molar-refractivity contribution in [1.82, 2.24) is 30.4 Å². The highest BCUT2D eigenvalue weighted by molar-refractivity contribution is 5.86. The van der Waals surface area contributed by atoms with Gasteiger partial charge in [0.15, 0.2) is 0 Å². The molecule has 138 valence electrons. The van der Waals surface area contributed by atoms with E-state index in [9.17, 15) is 14.0 Å². The van der Waals surface area contributed by atoms with Crippen LogP contribution >= 0.6 is 0 Å². The number of likely N-dealkylation sites (N-methyl/N-ethyl adjacent to an activating group) is 1. The monoisotopic (exact) mass is 360 g/mol.